The summed E-state index contributed by atoms with van der Waals surface area (Å²) in [6, 6.07) is 69.7. The molecule has 10 rings (SSSR count). The summed E-state index contributed by atoms with van der Waals surface area (Å²) in [6.45, 7) is 0. The Morgan fingerprint density at radius 1 is 0.370 bits per heavy atom. The summed E-state index contributed by atoms with van der Waals surface area (Å²) in [4.78, 5) is 12.6. The highest BCUT2D eigenvalue weighted by atomic mass is 16.3. The van der Waals surface area contributed by atoms with Crippen molar-refractivity contribution in [2.75, 3.05) is 4.90 Å². The molecule has 0 spiro atoms. The van der Waals surface area contributed by atoms with Crippen molar-refractivity contribution in [2.24, 2.45) is 0 Å². The van der Waals surface area contributed by atoms with Crippen molar-refractivity contribution in [3.63, 3.8) is 0 Å². The number of hydrogen-bond donors (Lipinski definition) is 0. The monoisotopic (exact) mass is 691 g/mol. The molecule has 8 aromatic carbocycles. The minimum Gasteiger partial charge on any atom is -0.456 e. The third kappa shape index (κ3) is 5.76. The van der Waals surface area contributed by atoms with Gasteiger partial charge in [0.2, 0.25) is 0 Å². The van der Waals surface area contributed by atoms with E-state index < -0.39 is 0 Å². The molecule has 254 valence electrons. The molecule has 10 aromatic rings. The third-order valence-electron chi connectivity index (χ3n) is 10.0. The van der Waals surface area contributed by atoms with E-state index in [0.717, 1.165) is 83.4 Å². The van der Waals surface area contributed by atoms with Crippen molar-refractivity contribution in [1.82, 2.24) is 9.97 Å². The minimum absolute atomic E-state index is 0.667. The van der Waals surface area contributed by atoms with Crippen LogP contribution in [0.15, 0.2) is 205 Å². The SMILES string of the molecule is c1ccc(-c2ccc(N(c3ccccc3)c3cc(-c4cc(-c5ccccc5)nc(-c5ccccc5)n4)cc4oc5cc6ccccc6cc5c34)cc2)cc1. The fourth-order valence-electron chi connectivity index (χ4n) is 7.40. The summed E-state index contributed by atoms with van der Waals surface area (Å²) in [5.74, 6) is 0.667. The topological polar surface area (TPSA) is 42.2 Å². The fraction of sp³-hybridized carbons (Fsp3) is 0. The van der Waals surface area contributed by atoms with Gasteiger partial charge in [-0.15, -0.1) is 0 Å². The van der Waals surface area contributed by atoms with E-state index in [9.17, 15) is 0 Å². The zero-order valence-corrected chi connectivity index (χ0v) is 29.3. The van der Waals surface area contributed by atoms with Gasteiger partial charge in [0.25, 0.3) is 0 Å². The first-order valence-electron chi connectivity index (χ1n) is 18.2. The van der Waals surface area contributed by atoms with Gasteiger partial charge >= 0.3 is 0 Å². The van der Waals surface area contributed by atoms with Crippen LogP contribution in [0.4, 0.5) is 17.1 Å². The number of furan rings is 1. The maximum absolute atomic E-state index is 6.82. The van der Waals surface area contributed by atoms with Gasteiger partial charge in [-0.05, 0) is 76.5 Å². The van der Waals surface area contributed by atoms with Gasteiger partial charge in [-0.1, -0.05) is 146 Å². The van der Waals surface area contributed by atoms with E-state index in [-0.39, 0.29) is 0 Å². The molecule has 0 radical (unpaired) electrons. The molecule has 4 heteroatoms. The first-order chi connectivity index (χ1) is 26.7. The second-order valence-corrected chi connectivity index (χ2v) is 13.4. The zero-order valence-electron chi connectivity index (χ0n) is 29.3. The fourth-order valence-corrected chi connectivity index (χ4v) is 7.40. The van der Waals surface area contributed by atoms with Crippen LogP contribution in [0.2, 0.25) is 0 Å². The molecule has 4 nitrogen and oxygen atoms in total. The van der Waals surface area contributed by atoms with Crippen LogP contribution < -0.4 is 4.90 Å². The van der Waals surface area contributed by atoms with Crippen molar-refractivity contribution >= 4 is 49.8 Å². The van der Waals surface area contributed by atoms with Crippen molar-refractivity contribution in [3.8, 4) is 45.0 Å². The molecule has 2 aromatic heterocycles. The molecule has 0 aliphatic rings. The Labute approximate surface area is 313 Å². The van der Waals surface area contributed by atoms with E-state index in [1.165, 1.54) is 5.56 Å². The van der Waals surface area contributed by atoms with Crippen molar-refractivity contribution < 1.29 is 4.42 Å². The van der Waals surface area contributed by atoms with Crippen molar-refractivity contribution in [2.45, 2.75) is 0 Å². The lowest BCUT2D eigenvalue weighted by atomic mass is 10.00. The number of anilines is 3. The van der Waals surface area contributed by atoms with Gasteiger partial charge < -0.3 is 9.32 Å². The maximum Gasteiger partial charge on any atom is 0.160 e. The molecular formula is C50H33N3O. The number of para-hydroxylation sites is 1. The van der Waals surface area contributed by atoms with Crippen LogP contribution in [0.1, 0.15) is 0 Å². The van der Waals surface area contributed by atoms with E-state index in [0.29, 0.717) is 5.82 Å². The second-order valence-electron chi connectivity index (χ2n) is 13.4. The van der Waals surface area contributed by atoms with Crippen molar-refractivity contribution in [3.05, 3.63) is 200 Å². The van der Waals surface area contributed by atoms with Gasteiger partial charge in [0.1, 0.15) is 11.2 Å². The highest BCUT2D eigenvalue weighted by molar-refractivity contribution is 6.17. The Kier molecular flexibility index (Phi) is 7.77. The molecule has 0 bridgehead atoms. The quantitative estimate of drug-likeness (QED) is 0.167. The minimum atomic E-state index is 0.667. The molecule has 0 fully saturated rings. The van der Waals surface area contributed by atoms with E-state index >= 15 is 0 Å². The standard InChI is InChI=1S/C50H33N3O/c1-5-15-34(16-6-1)35-25-27-42(28-26-35)53(41-23-11-4-12-24-41)46-30-40(32-48-49(46)43-29-38-21-13-14-22-39(38)31-47(43)54-48)45-33-44(36-17-7-2-8-18-36)51-50(52-45)37-19-9-3-10-20-37/h1-33H. The van der Waals surface area contributed by atoms with Crippen LogP contribution >= 0.6 is 0 Å². The normalized spacial score (nSPS) is 11.3. The van der Waals surface area contributed by atoms with Crippen LogP contribution in [-0.4, -0.2) is 9.97 Å². The molecule has 0 aliphatic heterocycles. The lowest BCUT2D eigenvalue weighted by molar-refractivity contribution is 0.669. The van der Waals surface area contributed by atoms with Crippen LogP contribution in [0.5, 0.6) is 0 Å². The van der Waals surface area contributed by atoms with Gasteiger partial charge in [0, 0.05) is 33.5 Å². The summed E-state index contributed by atoms with van der Waals surface area (Å²) in [6.07, 6.45) is 0. The van der Waals surface area contributed by atoms with Crippen LogP contribution in [-0.2, 0) is 0 Å². The number of benzene rings is 8. The number of rotatable bonds is 7. The molecule has 0 atom stereocenters. The number of fused-ring (bicyclic) bond motifs is 4. The predicted molar refractivity (Wildman–Crippen MR) is 223 cm³/mol. The molecule has 2 heterocycles. The number of aromatic nitrogens is 2. The molecular weight excluding hydrogens is 659 g/mol. The molecule has 0 unspecified atom stereocenters. The maximum atomic E-state index is 6.82. The summed E-state index contributed by atoms with van der Waals surface area (Å²) in [5.41, 5.74) is 11.6. The molecule has 0 N–H and O–H groups in total. The van der Waals surface area contributed by atoms with Crippen LogP contribution in [0, 0.1) is 0 Å². The average molecular weight is 692 g/mol. The van der Waals surface area contributed by atoms with Gasteiger partial charge in [-0.25, -0.2) is 9.97 Å². The third-order valence-corrected chi connectivity index (χ3v) is 10.0. The molecule has 54 heavy (non-hydrogen) atoms. The van der Waals surface area contributed by atoms with Crippen LogP contribution in [0.3, 0.4) is 0 Å². The van der Waals surface area contributed by atoms with E-state index in [1.54, 1.807) is 0 Å². The smallest absolute Gasteiger partial charge is 0.160 e. The lowest BCUT2D eigenvalue weighted by Gasteiger charge is -2.27. The van der Waals surface area contributed by atoms with E-state index in [4.69, 9.17) is 14.4 Å². The van der Waals surface area contributed by atoms with Gasteiger partial charge in [-0.3, -0.25) is 0 Å². The summed E-state index contributed by atoms with van der Waals surface area (Å²) < 4.78 is 6.82. The first kappa shape index (κ1) is 31.4. The van der Waals surface area contributed by atoms with Crippen molar-refractivity contribution in [1.29, 1.82) is 0 Å². The largest absolute Gasteiger partial charge is 0.456 e. The number of hydrogen-bond acceptors (Lipinski definition) is 4. The molecule has 0 amide bonds. The molecule has 0 aliphatic carbocycles. The summed E-state index contributed by atoms with van der Waals surface area (Å²) >= 11 is 0. The van der Waals surface area contributed by atoms with E-state index in [1.807, 2.05) is 36.4 Å². The first-order valence-corrected chi connectivity index (χ1v) is 18.2. The Balaban J connectivity index is 1.25. The summed E-state index contributed by atoms with van der Waals surface area (Å²) in [5, 5.41) is 4.40. The molecule has 0 saturated carbocycles. The van der Waals surface area contributed by atoms with Gasteiger partial charge in [0.15, 0.2) is 5.82 Å². The predicted octanol–water partition coefficient (Wildman–Crippen LogP) is 13.7. The van der Waals surface area contributed by atoms with E-state index in [2.05, 4.69) is 169 Å². The second kappa shape index (κ2) is 13.4. The van der Waals surface area contributed by atoms with Crippen LogP contribution in [0.25, 0.3) is 77.7 Å². The summed E-state index contributed by atoms with van der Waals surface area (Å²) in [7, 11) is 0. The Morgan fingerprint density at radius 3 is 1.56 bits per heavy atom. The highest BCUT2D eigenvalue weighted by Crippen LogP contribution is 2.46. The van der Waals surface area contributed by atoms with Gasteiger partial charge in [-0.2, -0.15) is 0 Å². The average Bonchev–Trinajstić information content (AvgIpc) is 3.61. The molecule has 0 saturated heterocycles. The Hall–Kier alpha value is -7.30. The van der Waals surface area contributed by atoms with Gasteiger partial charge in [0.05, 0.1) is 22.5 Å². The lowest BCUT2D eigenvalue weighted by Crippen LogP contribution is -2.10. The Bertz CT molecular complexity index is 2850. The number of nitrogens with zero attached hydrogens (tertiary/aromatic N) is 3. The Morgan fingerprint density at radius 2 is 0.889 bits per heavy atom. The highest BCUT2D eigenvalue weighted by Gasteiger charge is 2.23. The zero-order chi connectivity index (χ0) is 35.8.